The van der Waals surface area contributed by atoms with E-state index in [-0.39, 0.29) is 11.5 Å². The number of nitrogens with zero attached hydrogens (tertiary/aromatic N) is 4. The van der Waals surface area contributed by atoms with Crippen LogP contribution in [0.25, 0.3) is 0 Å². The fourth-order valence-corrected chi connectivity index (χ4v) is 4.17. The lowest BCUT2D eigenvalue weighted by Gasteiger charge is -2.25. The van der Waals surface area contributed by atoms with Gasteiger partial charge in [-0.05, 0) is 20.8 Å². The molecule has 190 valence electrons. The summed E-state index contributed by atoms with van der Waals surface area (Å²) in [4.78, 5) is 13.5. The Morgan fingerprint density at radius 2 is 1.64 bits per heavy atom. The number of hydrogen-bond acceptors (Lipinski definition) is 10. The van der Waals surface area contributed by atoms with Crippen molar-refractivity contribution < 1.29 is 32.2 Å². The van der Waals surface area contributed by atoms with Crippen molar-refractivity contribution in [2.24, 2.45) is 0 Å². The molecule has 1 aromatic rings. The maximum atomic E-state index is 11.5. The molecule has 0 atom stereocenters. The van der Waals surface area contributed by atoms with Gasteiger partial charge in [0.05, 0.1) is 63.4 Å². The van der Waals surface area contributed by atoms with Gasteiger partial charge in [0.25, 0.3) is 0 Å². The standard InChI is InChI=1S/C20H37N5O7S/c1-20(2,3)32-19(26)21-4-8-29-10-12-31-13-11-30-9-5-25-17-18(22-23-25)16-24-6-14-33(27,28)15-7-24/h17H,4-16H2,1-3H3,(H,21,26). The van der Waals surface area contributed by atoms with Crippen LogP contribution < -0.4 is 5.32 Å². The van der Waals surface area contributed by atoms with Crippen LogP contribution in [-0.4, -0.2) is 111 Å². The molecule has 13 heteroatoms. The van der Waals surface area contributed by atoms with Gasteiger partial charge in [0.15, 0.2) is 9.84 Å². The number of sulfone groups is 1. The second-order valence-electron chi connectivity index (χ2n) is 8.67. The van der Waals surface area contributed by atoms with Gasteiger partial charge in [-0.1, -0.05) is 5.21 Å². The van der Waals surface area contributed by atoms with Gasteiger partial charge in [0, 0.05) is 32.4 Å². The summed E-state index contributed by atoms with van der Waals surface area (Å²) in [6.07, 6.45) is 1.40. The van der Waals surface area contributed by atoms with Gasteiger partial charge in [-0.25, -0.2) is 17.9 Å². The van der Waals surface area contributed by atoms with E-state index in [1.165, 1.54) is 0 Å². The van der Waals surface area contributed by atoms with E-state index in [1.54, 1.807) is 4.68 Å². The molecule has 33 heavy (non-hydrogen) atoms. The van der Waals surface area contributed by atoms with Crippen molar-refractivity contribution >= 4 is 15.9 Å². The van der Waals surface area contributed by atoms with Crippen LogP contribution in [0.1, 0.15) is 26.5 Å². The Labute approximate surface area is 195 Å². The summed E-state index contributed by atoms with van der Waals surface area (Å²) in [5.74, 6) is 0.406. The summed E-state index contributed by atoms with van der Waals surface area (Å²) in [6, 6.07) is 0. The Kier molecular flexibility index (Phi) is 11.5. The lowest BCUT2D eigenvalue weighted by Crippen LogP contribution is -2.39. The third kappa shape index (κ3) is 12.9. The summed E-state index contributed by atoms with van der Waals surface area (Å²) in [7, 11) is -2.87. The summed E-state index contributed by atoms with van der Waals surface area (Å²) in [5.41, 5.74) is 0.305. The van der Waals surface area contributed by atoms with E-state index in [0.717, 1.165) is 5.69 Å². The maximum Gasteiger partial charge on any atom is 0.407 e. The second-order valence-corrected chi connectivity index (χ2v) is 11.0. The van der Waals surface area contributed by atoms with Crippen LogP contribution in [0.3, 0.4) is 0 Å². The van der Waals surface area contributed by atoms with Crippen LogP contribution >= 0.6 is 0 Å². The zero-order valence-corrected chi connectivity index (χ0v) is 20.6. The molecule has 1 fully saturated rings. The Hall–Kier alpha value is -1.80. The third-order valence-corrected chi connectivity index (χ3v) is 6.14. The minimum absolute atomic E-state index is 0.203. The zero-order chi connectivity index (χ0) is 24.2. The predicted octanol–water partition coefficient (Wildman–Crippen LogP) is 0.0830. The molecule has 0 spiro atoms. The molecule has 1 aliphatic rings. The van der Waals surface area contributed by atoms with Gasteiger partial charge in [-0.15, -0.1) is 5.10 Å². The molecule has 0 unspecified atom stereocenters. The molecule has 0 aromatic carbocycles. The molecular weight excluding hydrogens is 454 g/mol. The Balaban J connectivity index is 1.40. The van der Waals surface area contributed by atoms with Crippen LogP contribution in [0.5, 0.6) is 0 Å². The molecule has 12 nitrogen and oxygen atoms in total. The number of amides is 1. The number of nitrogens with one attached hydrogen (secondary N) is 1. The van der Waals surface area contributed by atoms with Crippen molar-refractivity contribution in [2.45, 2.75) is 39.5 Å². The number of rotatable bonds is 14. The molecule has 0 saturated carbocycles. The highest BCUT2D eigenvalue weighted by Crippen LogP contribution is 2.08. The lowest BCUT2D eigenvalue weighted by molar-refractivity contribution is 0.0122. The molecule has 1 aromatic heterocycles. The molecular formula is C20H37N5O7S. The van der Waals surface area contributed by atoms with E-state index in [1.807, 2.05) is 27.0 Å². The molecule has 1 saturated heterocycles. The normalized spacial score (nSPS) is 16.6. The molecule has 2 rings (SSSR count). The number of alkyl carbamates (subject to hydrolysis) is 1. The number of ether oxygens (including phenoxy) is 4. The number of carbonyl (C=O) groups is 1. The topological polar surface area (TPSA) is 134 Å². The third-order valence-electron chi connectivity index (χ3n) is 4.53. The predicted molar refractivity (Wildman–Crippen MR) is 121 cm³/mol. The van der Waals surface area contributed by atoms with Crippen molar-refractivity contribution in [1.29, 1.82) is 0 Å². The van der Waals surface area contributed by atoms with Crippen LogP contribution in [0.2, 0.25) is 0 Å². The highest BCUT2D eigenvalue weighted by atomic mass is 32.2. The first-order valence-corrected chi connectivity index (χ1v) is 13.0. The van der Waals surface area contributed by atoms with Crippen molar-refractivity contribution in [2.75, 3.05) is 70.8 Å². The van der Waals surface area contributed by atoms with Crippen LogP contribution in [0, 0.1) is 0 Å². The first-order valence-electron chi connectivity index (χ1n) is 11.1. The van der Waals surface area contributed by atoms with Crippen molar-refractivity contribution in [3.63, 3.8) is 0 Å². The lowest BCUT2D eigenvalue weighted by atomic mass is 10.2. The SMILES string of the molecule is CC(C)(C)OC(=O)NCCOCCOCCOCCn1cc(CN2CCS(=O)(=O)CC2)nn1. The number of hydrogen-bond donors (Lipinski definition) is 1. The summed E-state index contributed by atoms with van der Waals surface area (Å²) in [6.45, 7) is 10.7. The summed E-state index contributed by atoms with van der Waals surface area (Å²) < 4.78 is 46.2. The first kappa shape index (κ1) is 27.4. The van der Waals surface area contributed by atoms with Crippen LogP contribution in [0.4, 0.5) is 4.79 Å². The van der Waals surface area contributed by atoms with Crippen molar-refractivity contribution in [1.82, 2.24) is 25.2 Å². The molecule has 0 bridgehead atoms. The van der Waals surface area contributed by atoms with Crippen LogP contribution in [-0.2, 0) is 41.9 Å². The molecule has 1 amide bonds. The van der Waals surface area contributed by atoms with E-state index >= 15 is 0 Å². The smallest absolute Gasteiger partial charge is 0.407 e. The highest BCUT2D eigenvalue weighted by molar-refractivity contribution is 7.91. The van der Waals surface area contributed by atoms with Gasteiger partial charge < -0.3 is 24.3 Å². The Morgan fingerprint density at radius 3 is 2.27 bits per heavy atom. The quantitative estimate of drug-likeness (QED) is 0.357. The van der Waals surface area contributed by atoms with Gasteiger partial charge in [-0.2, -0.15) is 0 Å². The van der Waals surface area contributed by atoms with Crippen molar-refractivity contribution in [3.8, 4) is 0 Å². The molecule has 0 radical (unpaired) electrons. The second kappa shape index (κ2) is 13.8. The van der Waals surface area contributed by atoms with Crippen molar-refractivity contribution in [3.05, 3.63) is 11.9 Å². The van der Waals surface area contributed by atoms with E-state index in [0.29, 0.717) is 72.4 Å². The molecule has 1 aliphatic heterocycles. The largest absolute Gasteiger partial charge is 0.444 e. The van der Waals surface area contributed by atoms with E-state index in [2.05, 4.69) is 20.5 Å². The molecule has 1 N–H and O–H groups in total. The van der Waals surface area contributed by atoms with Gasteiger partial charge >= 0.3 is 6.09 Å². The Morgan fingerprint density at radius 1 is 1.03 bits per heavy atom. The minimum Gasteiger partial charge on any atom is -0.444 e. The first-order chi connectivity index (χ1) is 15.6. The average Bonchev–Trinajstić information content (AvgIpc) is 3.16. The fraction of sp³-hybridized carbons (Fsp3) is 0.850. The van der Waals surface area contributed by atoms with E-state index < -0.39 is 21.5 Å². The molecule has 2 heterocycles. The van der Waals surface area contributed by atoms with Gasteiger partial charge in [0.1, 0.15) is 5.60 Å². The maximum absolute atomic E-state index is 11.5. The minimum atomic E-state index is -2.87. The monoisotopic (exact) mass is 491 g/mol. The summed E-state index contributed by atoms with van der Waals surface area (Å²) in [5, 5.41) is 10.8. The number of aromatic nitrogens is 3. The van der Waals surface area contributed by atoms with Crippen LogP contribution in [0.15, 0.2) is 6.20 Å². The highest BCUT2D eigenvalue weighted by Gasteiger charge is 2.22. The van der Waals surface area contributed by atoms with Gasteiger partial charge in [0.2, 0.25) is 0 Å². The zero-order valence-electron chi connectivity index (χ0n) is 19.8. The van der Waals surface area contributed by atoms with E-state index in [9.17, 15) is 13.2 Å². The van der Waals surface area contributed by atoms with E-state index in [4.69, 9.17) is 18.9 Å². The fourth-order valence-electron chi connectivity index (χ4n) is 2.90. The average molecular weight is 492 g/mol. The van der Waals surface area contributed by atoms with Gasteiger partial charge in [-0.3, -0.25) is 4.90 Å². The number of carbonyl (C=O) groups excluding carboxylic acids is 1. The summed E-state index contributed by atoms with van der Waals surface area (Å²) >= 11 is 0. The Bertz CT molecular complexity index is 796. The molecule has 0 aliphatic carbocycles.